The molecule has 1 saturated heterocycles. The number of carboxylic acids is 1. The Morgan fingerprint density at radius 1 is 1.45 bits per heavy atom. The number of unbranched alkanes of at least 4 members (excludes halogenated alkanes) is 1. The summed E-state index contributed by atoms with van der Waals surface area (Å²) >= 11 is 0. The fourth-order valence-corrected chi connectivity index (χ4v) is 3.10. The van der Waals surface area contributed by atoms with Gasteiger partial charge in [0.2, 0.25) is 0 Å². The van der Waals surface area contributed by atoms with Crippen molar-refractivity contribution in [3.8, 4) is 0 Å². The maximum absolute atomic E-state index is 13.4. The van der Waals surface area contributed by atoms with Gasteiger partial charge in [0.1, 0.15) is 5.82 Å². The molecule has 20 heavy (non-hydrogen) atoms. The summed E-state index contributed by atoms with van der Waals surface area (Å²) in [5.74, 6) is -0.412. The van der Waals surface area contributed by atoms with E-state index >= 15 is 0 Å². The number of likely N-dealkylation sites (tertiary alicyclic amines) is 1. The minimum absolute atomic E-state index is 0.188. The van der Waals surface area contributed by atoms with Crippen molar-refractivity contribution in [1.29, 1.82) is 0 Å². The molecule has 0 bridgehead atoms. The zero-order valence-electron chi connectivity index (χ0n) is 11.9. The van der Waals surface area contributed by atoms with Crippen LogP contribution in [0.25, 0.3) is 0 Å². The monoisotopic (exact) mass is 279 g/mol. The SMILES string of the molecule is C[C@H]1CCN(CCCCC(=O)O)[C@@H]1c1cccc(F)c1. The van der Waals surface area contributed by atoms with Crippen molar-refractivity contribution in [2.75, 3.05) is 13.1 Å². The lowest BCUT2D eigenvalue weighted by atomic mass is 9.95. The first-order chi connectivity index (χ1) is 9.58. The van der Waals surface area contributed by atoms with Gasteiger partial charge in [0.15, 0.2) is 0 Å². The van der Waals surface area contributed by atoms with E-state index in [1.54, 1.807) is 12.1 Å². The van der Waals surface area contributed by atoms with Gasteiger partial charge in [0, 0.05) is 12.5 Å². The third-order valence-electron chi connectivity index (χ3n) is 4.08. The number of carbonyl (C=O) groups is 1. The molecule has 1 aliphatic rings. The van der Waals surface area contributed by atoms with E-state index in [1.165, 1.54) is 6.07 Å². The maximum atomic E-state index is 13.4. The Hall–Kier alpha value is -1.42. The van der Waals surface area contributed by atoms with Crippen LogP contribution in [0.4, 0.5) is 4.39 Å². The van der Waals surface area contributed by atoms with Crippen molar-refractivity contribution in [3.05, 3.63) is 35.6 Å². The highest BCUT2D eigenvalue weighted by atomic mass is 19.1. The van der Waals surface area contributed by atoms with Crippen molar-refractivity contribution in [1.82, 2.24) is 4.90 Å². The van der Waals surface area contributed by atoms with E-state index < -0.39 is 5.97 Å². The normalized spacial score (nSPS) is 23.1. The van der Waals surface area contributed by atoms with E-state index in [0.29, 0.717) is 12.3 Å². The van der Waals surface area contributed by atoms with Crippen LogP contribution in [-0.4, -0.2) is 29.1 Å². The van der Waals surface area contributed by atoms with Gasteiger partial charge in [-0.3, -0.25) is 9.69 Å². The molecular weight excluding hydrogens is 257 g/mol. The predicted octanol–water partition coefficient (Wildman–Crippen LogP) is 3.46. The number of halogens is 1. The van der Waals surface area contributed by atoms with Gasteiger partial charge in [-0.2, -0.15) is 0 Å². The van der Waals surface area contributed by atoms with Crippen LogP contribution in [0.3, 0.4) is 0 Å². The van der Waals surface area contributed by atoms with Crippen LogP contribution in [0.15, 0.2) is 24.3 Å². The van der Waals surface area contributed by atoms with Crippen LogP contribution in [-0.2, 0) is 4.79 Å². The molecule has 4 heteroatoms. The first kappa shape index (κ1) is 15.0. The fraction of sp³-hybridized carbons (Fsp3) is 0.562. The molecule has 2 rings (SSSR count). The van der Waals surface area contributed by atoms with Gasteiger partial charge in [0.05, 0.1) is 0 Å². The van der Waals surface area contributed by atoms with Crippen LogP contribution < -0.4 is 0 Å². The summed E-state index contributed by atoms with van der Waals surface area (Å²) in [5.41, 5.74) is 1.04. The summed E-state index contributed by atoms with van der Waals surface area (Å²) in [6, 6.07) is 7.10. The van der Waals surface area contributed by atoms with Gasteiger partial charge in [-0.1, -0.05) is 19.1 Å². The quantitative estimate of drug-likeness (QED) is 0.811. The molecule has 0 aliphatic carbocycles. The average molecular weight is 279 g/mol. The number of rotatable bonds is 6. The number of hydrogen-bond acceptors (Lipinski definition) is 2. The van der Waals surface area contributed by atoms with Crippen LogP contribution >= 0.6 is 0 Å². The van der Waals surface area contributed by atoms with Gasteiger partial charge in [-0.25, -0.2) is 4.39 Å². The van der Waals surface area contributed by atoms with Gasteiger partial charge in [0.25, 0.3) is 0 Å². The molecule has 0 spiro atoms. The van der Waals surface area contributed by atoms with Gasteiger partial charge >= 0.3 is 5.97 Å². The highest BCUT2D eigenvalue weighted by Crippen LogP contribution is 2.37. The number of benzene rings is 1. The topological polar surface area (TPSA) is 40.5 Å². The summed E-state index contributed by atoms with van der Waals surface area (Å²) < 4.78 is 13.4. The van der Waals surface area contributed by atoms with Crippen LogP contribution in [0.1, 0.15) is 44.2 Å². The number of nitrogens with zero attached hydrogens (tertiary/aromatic N) is 1. The average Bonchev–Trinajstić information content (AvgIpc) is 2.76. The number of hydrogen-bond donors (Lipinski definition) is 1. The summed E-state index contributed by atoms with van der Waals surface area (Å²) in [6.07, 6.45) is 2.93. The van der Waals surface area contributed by atoms with E-state index in [9.17, 15) is 9.18 Å². The second-order valence-corrected chi connectivity index (χ2v) is 5.65. The van der Waals surface area contributed by atoms with E-state index in [0.717, 1.165) is 31.5 Å². The Kier molecular flexibility index (Phi) is 5.12. The van der Waals surface area contributed by atoms with E-state index in [-0.39, 0.29) is 18.3 Å². The highest BCUT2D eigenvalue weighted by molar-refractivity contribution is 5.66. The molecule has 1 aromatic rings. The summed E-state index contributed by atoms with van der Waals surface area (Å²) in [5, 5.41) is 8.65. The van der Waals surface area contributed by atoms with E-state index in [1.807, 2.05) is 6.07 Å². The van der Waals surface area contributed by atoms with Crippen molar-refractivity contribution in [3.63, 3.8) is 0 Å². The molecular formula is C16H22FNO2. The molecule has 0 aromatic heterocycles. The summed E-state index contributed by atoms with van der Waals surface area (Å²) in [6.45, 7) is 4.10. The minimum Gasteiger partial charge on any atom is -0.481 e. The minimum atomic E-state index is -0.735. The summed E-state index contributed by atoms with van der Waals surface area (Å²) in [7, 11) is 0. The third-order valence-corrected chi connectivity index (χ3v) is 4.08. The molecule has 0 saturated carbocycles. The molecule has 0 unspecified atom stereocenters. The Balaban J connectivity index is 1.96. The Morgan fingerprint density at radius 2 is 2.25 bits per heavy atom. The predicted molar refractivity (Wildman–Crippen MR) is 76.0 cm³/mol. The number of aliphatic carboxylic acids is 1. The van der Waals surface area contributed by atoms with Crippen LogP contribution in [0.2, 0.25) is 0 Å². The van der Waals surface area contributed by atoms with Crippen molar-refractivity contribution >= 4 is 5.97 Å². The van der Waals surface area contributed by atoms with Crippen LogP contribution in [0, 0.1) is 11.7 Å². The maximum Gasteiger partial charge on any atom is 0.303 e. The lowest BCUT2D eigenvalue weighted by Gasteiger charge is -2.27. The zero-order chi connectivity index (χ0) is 14.5. The third kappa shape index (κ3) is 3.79. The first-order valence-electron chi connectivity index (χ1n) is 7.29. The molecule has 1 heterocycles. The summed E-state index contributed by atoms with van der Waals surface area (Å²) in [4.78, 5) is 12.9. The van der Waals surface area contributed by atoms with E-state index in [4.69, 9.17) is 5.11 Å². The molecule has 1 fully saturated rings. The Labute approximate surface area is 119 Å². The van der Waals surface area contributed by atoms with Gasteiger partial charge in [-0.15, -0.1) is 0 Å². The number of carboxylic acid groups (broad SMARTS) is 1. The smallest absolute Gasteiger partial charge is 0.303 e. The molecule has 0 radical (unpaired) electrons. The van der Waals surface area contributed by atoms with Crippen molar-refractivity contribution in [2.24, 2.45) is 5.92 Å². The van der Waals surface area contributed by atoms with Crippen LogP contribution in [0.5, 0.6) is 0 Å². The Morgan fingerprint density at radius 3 is 2.95 bits per heavy atom. The van der Waals surface area contributed by atoms with Crippen molar-refractivity contribution in [2.45, 2.75) is 38.6 Å². The molecule has 1 N–H and O–H groups in total. The fourth-order valence-electron chi connectivity index (χ4n) is 3.10. The van der Waals surface area contributed by atoms with Crippen molar-refractivity contribution < 1.29 is 14.3 Å². The largest absolute Gasteiger partial charge is 0.481 e. The molecule has 0 amide bonds. The second-order valence-electron chi connectivity index (χ2n) is 5.65. The first-order valence-corrected chi connectivity index (χ1v) is 7.29. The van der Waals surface area contributed by atoms with E-state index in [2.05, 4.69) is 11.8 Å². The zero-order valence-corrected chi connectivity index (χ0v) is 11.9. The molecule has 1 aliphatic heterocycles. The molecule has 3 nitrogen and oxygen atoms in total. The highest BCUT2D eigenvalue weighted by Gasteiger charge is 2.31. The lowest BCUT2D eigenvalue weighted by Crippen LogP contribution is -2.26. The van der Waals surface area contributed by atoms with Gasteiger partial charge < -0.3 is 5.11 Å². The second kappa shape index (κ2) is 6.84. The standard InChI is InChI=1S/C16H22FNO2/c1-12-8-10-18(9-3-2-7-15(19)20)16(12)13-5-4-6-14(17)11-13/h4-6,11-12,16H,2-3,7-10H2,1H3,(H,19,20)/t12-,16-/m0/s1. The molecule has 1 aromatic carbocycles. The van der Waals surface area contributed by atoms with Gasteiger partial charge in [-0.05, 0) is 56.0 Å². The molecule has 110 valence electrons. The lowest BCUT2D eigenvalue weighted by molar-refractivity contribution is -0.137. The Bertz CT molecular complexity index is 464. The molecule has 2 atom stereocenters.